The van der Waals surface area contributed by atoms with E-state index >= 15 is 0 Å². The van der Waals surface area contributed by atoms with Crippen molar-refractivity contribution in [3.05, 3.63) is 294 Å². The van der Waals surface area contributed by atoms with E-state index in [1.807, 2.05) is 0 Å². The summed E-state index contributed by atoms with van der Waals surface area (Å²) in [5, 5.41) is 5.01. The fraction of sp³-hybridized carbons (Fsp3) is 0.155. The van der Waals surface area contributed by atoms with E-state index in [0.29, 0.717) is 0 Å². The van der Waals surface area contributed by atoms with E-state index in [2.05, 4.69) is 283 Å². The molecule has 0 saturated heterocycles. The second-order valence-electron chi connectivity index (χ2n) is 20.1. The number of hydrogen-bond acceptors (Lipinski definition) is 3. The van der Waals surface area contributed by atoms with E-state index in [1.54, 1.807) is 0 Å². The molecule has 3 atom stereocenters. The Labute approximate surface area is 438 Å². The Kier molecular flexibility index (Phi) is 13.2. The first kappa shape index (κ1) is 46.7. The van der Waals surface area contributed by atoms with Crippen molar-refractivity contribution in [2.24, 2.45) is 0 Å². The van der Waals surface area contributed by atoms with Crippen molar-refractivity contribution in [3.63, 3.8) is 0 Å². The SMILES string of the molecule is Cc1cc(N(c2ccccc2)C2C=CC(N(C3=CCCC=C3)c3ccccc3)=CC2)c2ccccc2c1-c1c(C)cc(N(c2ccc(C(C3=CCCC=C3)c3ccccc3)cc2)C2C=CC=CC2)c2ccccc12. The number of allylic oxidation sites excluding steroid dienone is 10. The molecule has 3 nitrogen and oxygen atoms in total. The van der Waals surface area contributed by atoms with Gasteiger partial charge in [-0.25, -0.2) is 0 Å². The first-order valence-corrected chi connectivity index (χ1v) is 26.7. The molecule has 3 heteroatoms. The summed E-state index contributed by atoms with van der Waals surface area (Å²) < 4.78 is 0. The highest BCUT2D eigenvalue weighted by atomic mass is 15.2. The first-order valence-electron chi connectivity index (χ1n) is 26.7. The van der Waals surface area contributed by atoms with Gasteiger partial charge >= 0.3 is 0 Å². The average Bonchev–Trinajstić information content (AvgIpc) is 3.46. The molecule has 0 bridgehead atoms. The highest BCUT2D eigenvalue weighted by molar-refractivity contribution is 6.14. The van der Waals surface area contributed by atoms with E-state index in [9.17, 15) is 0 Å². The van der Waals surface area contributed by atoms with Crippen molar-refractivity contribution in [2.75, 3.05) is 14.7 Å². The van der Waals surface area contributed by atoms with Crippen LogP contribution in [0, 0.1) is 13.8 Å². The van der Waals surface area contributed by atoms with Crippen LogP contribution in [0.4, 0.5) is 28.4 Å². The third-order valence-electron chi connectivity index (χ3n) is 15.4. The predicted molar refractivity (Wildman–Crippen MR) is 316 cm³/mol. The third kappa shape index (κ3) is 9.09. The predicted octanol–water partition coefficient (Wildman–Crippen LogP) is 18.8. The molecule has 0 aliphatic heterocycles. The summed E-state index contributed by atoms with van der Waals surface area (Å²) in [5.41, 5.74) is 17.5. The van der Waals surface area contributed by atoms with Crippen molar-refractivity contribution < 1.29 is 0 Å². The van der Waals surface area contributed by atoms with E-state index in [-0.39, 0.29) is 18.0 Å². The van der Waals surface area contributed by atoms with Gasteiger partial charge in [-0.05, 0) is 163 Å². The zero-order chi connectivity index (χ0) is 49.8. The summed E-state index contributed by atoms with van der Waals surface area (Å²) in [5.74, 6) is 0.181. The molecule has 0 spiro atoms. The number of anilines is 5. The molecule has 0 amide bonds. The molecule has 0 radical (unpaired) electrons. The molecule has 0 N–H and O–H groups in total. The minimum atomic E-state index is 0.0966. The number of para-hydroxylation sites is 2. The maximum Gasteiger partial charge on any atom is 0.0561 e. The van der Waals surface area contributed by atoms with Crippen molar-refractivity contribution in [3.8, 4) is 11.1 Å². The van der Waals surface area contributed by atoms with Gasteiger partial charge in [-0.1, -0.05) is 194 Å². The van der Waals surface area contributed by atoms with Crippen LogP contribution in [0.3, 0.4) is 0 Å². The molecule has 0 saturated carbocycles. The second-order valence-corrected chi connectivity index (χ2v) is 20.1. The van der Waals surface area contributed by atoms with Crippen LogP contribution >= 0.6 is 0 Å². The van der Waals surface area contributed by atoms with Crippen molar-refractivity contribution >= 4 is 50.0 Å². The van der Waals surface area contributed by atoms with Crippen LogP contribution in [-0.2, 0) is 0 Å². The summed E-state index contributed by atoms with van der Waals surface area (Å²) in [6.07, 6.45) is 36.4. The standard InChI is InChI=1S/C71H63N3/c1-51-49-67(73(58-33-17-7-18-34-58)61-43-41-55(42-44-61)71(53-25-9-3-10-26-53)54-27-11-4-12-28-54)63-37-21-23-39-65(63)69(51)70-52(2)50-68(64-38-22-24-40-66(64)70)74(59-35-19-8-20-36-59)62-47-45-60(46-48-62)72(56-29-13-5-14-30-56)57-31-15-6-16-32-57/h3,5,7-11,13-15,17-33,35-47,49-50,58,62,71H,4,6,12,16,34,48H2,1-2H3. The van der Waals surface area contributed by atoms with Crippen LogP contribution in [-0.4, -0.2) is 12.1 Å². The van der Waals surface area contributed by atoms with Crippen LogP contribution in [0.15, 0.2) is 272 Å². The van der Waals surface area contributed by atoms with Gasteiger partial charge < -0.3 is 14.7 Å². The highest BCUT2D eigenvalue weighted by Crippen LogP contribution is 2.48. The van der Waals surface area contributed by atoms with Gasteiger partial charge in [0.05, 0.1) is 12.1 Å². The topological polar surface area (TPSA) is 9.72 Å². The van der Waals surface area contributed by atoms with Crippen LogP contribution in [0.5, 0.6) is 0 Å². The van der Waals surface area contributed by atoms with E-state index in [1.165, 1.54) is 100 Å². The summed E-state index contributed by atoms with van der Waals surface area (Å²) in [6.45, 7) is 4.65. The molecule has 8 aromatic carbocycles. The zero-order valence-corrected chi connectivity index (χ0v) is 42.6. The Bertz CT molecular complexity index is 3590. The normalized spacial score (nSPS) is 17.5. The average molecular weight is 958 g/mol. The number of nitrogens with zero attached hydrogens (tertiary/aromatic N) is 3. The van der Waals surface area contributed by atoms with E-state index in [4.69, 9.17) is 0 Å². The minimum absolute atomic E-state index is 0.0966. The number of hydrogen-bond donors (Lipinski definition) is 0. The van der Waals surface area contributed by atoms with Crippen LogP contribution in [0.25, 0.3) is 32.7 Å². The lowest BCUT2D eigenvalue weighted by atomic mass is 9.82. The van der Waals surface area contributed by atoms with Gasteiger partial charge in [-0.15, -0.1) is 0 Å². The molecule has 3 unspecified atom stereocenters. The fourth-order valence-electron chi connectivity index (χ4n) is 12.1. The van der Waals surface area contributed by atoms with Crippen LogP contribution in [0.2, 0.25) is 0 Å². The summed E-state index contributed by atoms with van der Waals surface area (Å²) in [7, 11) is 0. The number of benzene rings is 8. The minimum Gasteiger partial charge on any atom is -0.334 e. The fourth-order valence-corrected chi connectivity index (χ4v) is 12.1. The van der Waals surface area contributed by atoms with Gasteiger partial charge in [-0.3, -0.25) is 0 Å². The van der Waals surface area contributed by atoms with Crippen molar-refractivity contribution in [1.82, 2.24) is 0 Å². The van der Waals surface area contributed by atoms with E-state index in [0.717, 1.165) is 38.5 Å². The second kappa shape index (κ2) is 21.0. The molecule has 4 aliphatic rings. The van der Waals surface area contributed by atoms with Crippen molar-refractivity contribution in [2.45, 2.75) is 70.4 Å². The maximum absolute atomic E-state index is 2.59. The van der Waals surface area contributed by atoms with Crippen LogP contribution in [0.1, 0.15) is 66.7 Å². The van der Waals surface area contributed by atoms with Gasteiger partial charge in [0.1, 0.15) is 0 Å². The Morgan fingerprint density at radius 1 is 0.405 bits per heavy atom. The zero-order valence-electron chi connectivity index (χ0n) is 42.6. The van der Waals surface area contributed by atoms with Crippen LogP contribution < -0.4 is 14.7 Å². The summed E-state index contributed by atoms with van der Waals surface area (Å²) in [4.78, 5) is 7.57. The monoisotopic (exact) mass is 958 g/mol. The Hall–Kier alpha value is -8.40. The maximum atomic E-state index is 2.59. The quantitative estimate of drug-likeness (QED) is 0.114. The molecule has 0 heterocycles. The van der Waals surface area contributed by atoms with Gasteiger partial charge in [0, 0.05) is 56.5 Å². The lowest BCUT2D eigenvalue weighted by Crippen LogP contribution is -2.32. The Balaban J connectivity index is 0.950. The number of rotatable bonds is 13. The Morgan fingerprint density at radius 3 is 1.46 bits per heavy atom. The lowest BCUT2D eigenvalue weighted by Gasteiger charge is -2.37. The van der Waals surface area contributed by atoms with Crippen molar-refractivity contribution in [1.29, 1.82) is 0 Å². The summed E-state index contributed by atoms with van der Waals surface area (Å²) in [6, 6.07) is 65.6. The molecule has 362 valence electrons. The lowest BCUT2D eigenvalue weighted by molar-refractivity contribution is 0.777. The largest absolute Gasteiger partial charge is 0.334 e. The van der Waals surface area contributed by atoms with Gasteiger partial charge in [0.2, 0.25) is 0 Å². The molecule has 4 aliphatic carbocycles. The molecule has 0 fully saturated rings. The van der Waals surface area contributed by atoms with Gasteiger partial charge in [-0.2, -0.15) is 0 Å². The van der Waals surface area contributed by atoms with Gasteiger partial charge in [0.25, 0.3) is 0 Å². The van der Waals surface area contributed by atoms with Gasteiger partial charge in [0.15, 0.2) is 0 Å². The molecule has 0 aromatic heterocycles. The molecular weight excluding hydrogens is 895 g/mol. The first-order chi connectivity index (χ1) is 36.6. The molecule has 8 aromatic rings. The molecule has 74 heavy (non-hydrogen) atoms. The third-order valence-corrected chi connectivity index (χ3v) is 15.4. The van der Waals surface area contributed by atoms with E-state index < -0.39 is 0 Å². The Morgan fingerprint density at radius 2 is 0.919 bits per heavy atom. The molecular formula is C71H63N3. The smallest absolute Gasteiger partial charge is 0.0561 e. The summed E-state index contributed by atoms with van der Waals surface area (Å²) >= 11 is 0. The number of aryl methyl sites for hydroxylation is 2. The number of fused-ring (bicyclic) bond motifs is 2. The molecule has 12 rings (SSSR count). The highest BCUT2D eigenvalue weighted by Gasteiger charge is 2.29.